The van der Waals surface area contributed by atoms with Crippen LogP contribution in [-0.2, 0) is 9.53 Å². The predicted octanol–water partition coefficient (Wildman–Crippen LogP) is 3.13. The van der Waals surface area contributed by atoms with Crippen molar-refractivity contribution < 1.29 is 24.1 Å². The number of para-hydroxylation sites is 1. The summed E-state index contributed by atoms with van der Waals surface area (Å²) >= 11 is 3.38. The van der Waals surface area contributed by atoms with Crippen LogP contribution < -0.4 is 25.1 Å². The number of halogens is 1. The molecule has 12 nitrogen and oxygen atoms in total. The molecule has 0 spiro atoms. The Morgan fingerprint density at radius 1 is 1.19 bits per heavy atom. The monoisotopic (exact) mass is 557 g/mol. The molecule has 2 heterocycles. The minimum absolute atomic E-state index is 0.258. The quantitative estimate of drug-likeness (QED) is 0.249. The molecule has 1 aliphatic heterocycles. The van der Waals surface area contributed by atoms with Crippen LogP contribution in [0, 0.1) is 0 Å². The average Bonchev–Trinajstić information content (AvgIpc) is 2.88. The molecule has 0 bridgehead atoms. The molecule has 13 heteroatoms. The molecule has 0 unspecified atom stereocenters. The third-order valence-electron chi connectivity index (χ3n) is 4.92. The van der Waals surface area contributed by atoms with E-state index in [2.05, 4.69) is 46.7 Å². The zero-order valence-corrected chi connectivity index (χ0v) is 20.9. The highest BCUT2D eigenvalue weighted by Gasteiger charge is 2.17. The van der Waals surface area contributed by atoms with Crippen LogP contribution in [0.15, 0.2) is 52.0 Å². The molecule has 3 aromatic rings. The van der Waals surface area contributed by atoms with Gasteiger partial charge in [-0.1, -0.05) is 18.2 Å². The van der Waals surface area contributed by atoms with Crippen molar-refractivity contribution in [3.05, 3.63) is 52.5 Å². The van der Waals surface area contributed by atoms with Gasteiger partial charge in [0, 0.05) is 18.8 Å². The highest BCUT2D eigenvalue weighted by atomic mass is 79.9. The number of benzene rings is 2. The van der Waals surface area contributed by atoms with Crippen LogP contribution in [0.1, 0.15) is 5.56 Å². The standard InChI is InChI=1S/C23H24BrN7O5/c1-34-18-12-15(11-17(24)20(18)36-14-19(32)33)13-25-30-22-27-21(26-16-5-3-2-4-6-16)28-23(29-22)31-7-9-35-10-8-31/h2-6,11-13H,7-10,14H2,1H3,(H,32,33)(H2,26,27,28,29,30)/b25-13-. The highest BCUT2D eigenvalue weighted by Crippen LogP contribution is 2.36. The molecule has 0 aliphatic carbocycles. The summed E-state index contributed by atoms with van der Waals surface area (Å²) in [5, 5.41) is 16.3. The maximum atomic E-state index is 10.8. The van der Waals surface area contributed by atoms with E-state index < -0.39 is 12.6 Å². The van der Waals surface area contributed by atoms with Crippen molar-refractivity contribution in [2.45, 2.75) is 0 Å². The van der Waals surface area contributed by atoms with Crippen molar-refractivity contribution in [2.24, 2.45) is 5.10 Å². The van der Waals surface area contributed by atoms with E-state index >= 15 is 0 Å². The second-order valence-electron chi connectivity index (χ2n) is 7.46. The maximum Gasteiger partial charge on any atom is 0.341 e. The van der Waals surface area contributed by atoms with E-state index in [4.69, 9.17) is 19.3 Å². The molecule has 0 saturated carbocycles. The van der Waals surface area contributed by atoms with Gasteiger partial charge in [-0.2, -0.15) is 20.1 Å². The number of morpholine rings is 1. The minimum atomic E-state index is -1.09. The lowest BCUT2D eigenvalue weighted by molar-refractivity contribution is -0.139. The number of carboxylic acid groups (broad SMARTS) is 1. The lowest BCUT2D eigenvalue weighted by atomic mass is 10.2. The fourth-order valence-electron chi connectivity index (χ4n) is 3.28. The Labute approximate surface area is 215 Å². The zero-order valence-electron chi connectivity index (χ0n) is 19.3. The summed E-state index contributed by atoms with van der Waals surface area (Å²) in [6, 6.07) is 13.0. The van der Waals surface area contributed by atoms with Gasteiger partial charge in [-0.15, -0.1) is 0 Å². The Kier molecular flexibility index (Phi) is 8.47. The molecule has 3 N–H and O–H groups in total. The van der Waals surface area contributed by atoms with Crippen LogP contribution >= 0.6 is 15.9 Å². The van der Waals surface area contributed by atoms with Gasteiger partial charge in [-0.25, -0.2) is 10.2 Å². The van der Waals surface area contributed by atoms with Gasteiger partial charge < -0.3 is 29.5 Å². The molecule has 1 saturated heterocycles. The van der Waals surface area contributed by atoms with Crippen LogP contribution in [0.2, 0.25) is 0 Å². The van der Waals surface area contributed by atoms with Gasteiger partial charge in [0.05, 0.1) is 31.0 Å². The number of nitrogens with one attached hydrogen (secondary N) is 2. The Bertz CT molecular complexity index is 1220. The smallest absolute Gasteiger partial charge is 0.341 e. The summed E-state index contributed by atoms with van der Waals surface area (Å²) in [6.07, 6.45) is 1.55. The molecule has 2 aromatic carbocycles. The number of ether oxygens (including phenoxy) is 3. The molecule has 1 fully saturated rings. The van der Waals surface area contributed by atoms with Crippen molar-refractivity contribution in [3.63, 3.8) is 0 Å². The topological polar surface area (TPSA) is 143 Å². The minimum Gasteiger partial charge on any atom is -0.493 e. The molecule has 4 rings (SSSR count). The average molecular weight is 558 g/mol. The molecular weight excluding hydrogens is 534 g/mol. The summed E-state index contributed by atoms with van der Waals surface area (Å²) in [6.45, 7) is 2.03. The van der Waals surface area contributed by atoms with Gasteiger partial charge in [-0.05, 0) is 45.8 Å². The summed E-state index contributed by atoms with van der Waals surface area (Å²) in [5.74, 6) is 0.696. The molecule has 36 heavy (non-hydrogen) atoms. The highest BCUT2D eigenvalue weighted by molar-refractivity contribution is 9.10. The second-order valence-corrected chi connectivity index (χ2v) is 8.31. The lowest BCUT2D eigenvalue weighted by Gasteiger charge is -2.27. The Morgan fingerprint density at radius 2 is 1.94 bits per heavy atom. The van der Waals surface area contributed by atoms with Crippen molar-refractivity contribution in [3.8, 4) is 11.5 Å². The number of hydrazone groups is 1. The second kappa shape index (κ2) is 12.1. The number of carboxylic acids is 1. The fraction of sp³-hybridized carbons (Fsp3) is 0.261. The SMILES string of the molecule is COc1cc(/C=N\Nc2nc(Nc3ccccc3)nc(N3CCOCC3)n2)cc(Br)c1OCC(=O)O. The first-order valence-electron chi connectivity index (χ1n) is 10.9. The summed E-state index contributed by atoms with van der Waals surface area (Å²) in [5.41, 5.74) is 4.36. The van der Waals surface area contributed by atoms with Crippen molar-refractivity contribution >= 4 is 51.6 Å². The first-order chi connectivity index (χ1) is 17.5. The Hall–Kier alpha value is -3.97. The van der Waals surface area contributed by atoms with Crippen LogP contribution in [0.4, 0.5) is 23.5 Å². The van der Waals surface area contributed by atoms with Gasteiger partial charge in [0.25, 0.3) is 0 Å². The van der Waals surface area contributed by atoms with E-state index in [0.717, 1.165) is 5.69 Å². The number of anilines is 4. The summed E-state index contributed by atoms with van der Waals surface area (Å²) in [7, 11) is 1.47. The first kappa shape index (κ1) is 25.1. The van der Waals surface area contributed by atoms with E-state index in [0.29, 0.717) is 54.0 Å². The number of methoxy groups -OCH3 is 1. The number of hydrogen-bond donors (Lipinski definition) is 3. The normalized spacial score (nSPS) is 13.4. The van der Waals surface area contributed by atoms with E-state index in [9.17, 15) is 4.79 Å². The van der Waals surface area contributed by atoms with Crippen LogP contribution in [0.3, 0.4) is 0 Å². The van der Waals surface area contributed by atoms with Gasteiger partial charge in [0.15, 0.2) is 18.1 Å². The zero-order chi connectivity index (χ0) is 25.3. The van der Waals surface area contributed by atoms with Gasteiger partial charge in [0.2, 0.25) is 17.8 Å². The maximum absolute atomic E-state index is 10.8. The fourth-order valence-corrected chi connectivity index (χ4v) is 3.85. The molecular formula is C23H24BrN7O5. The Balaban J connectivity index is 1.54. The van der Waals surface area contributed by atoms with E-state index in [1.54, 1.807) is 18.3 Å². The van der Waals surface area contributed by atoms with Crippen molar-refractivity contribution in [1.82, 2.24) is 15.0 Å². The van der Waals surface area contributed by atoms with Gasteiger partial charge in [-0.3, -0.25) is 0 Å². The van der Waals surface area contributed by atoms with E-state index in [1.807, 2.05) is 35.2 Å². The van der Waals surface area contributed by atoms with Gasteiger partial charge in [0.1, 0.15) is 0 Å². The third-order valence-corrected chi connectivity index (χ3v) is 5.51. The largest absolute Gasteiger partial charge is 0.493 e. The van der Waals surface area contributed by atoms with E-state index in [1.165, 1.54) is 7.11 Å². The molecule has 0 radical (unpaired) electrons. The van der Waals surface area contributed by atoms with Crippen molar-refractivity contribution in [2.75, 3.05) is 55.7 Å². The summed E-state index contributed by atoms with van der Waals surface area (Å²) in [4.78, 5) is 26.4. The molecule has 0 amide bonds. The van der Waals surface area contributed by atoms with Crippen molar-refractivity contribution in [1.29, 1.82) is 0 Å². The van der Waals surface area contributed by atoms with E-state index in [-0.39, 0.29) is 11.7 Å². The number of aliphatic carboxylic acids is 1. The van der Waals surface area contributed by atoms with Crippen LogP contribution in [0.25, 0.3) is 0 Å². The number of carbonyl (C=O) groups is 1. The third kappa shape index (κ3) is 6.79. The first-order valence-corrected chi connectivity index (χ1v) is 11.7. The number of hydrogen-bond acceptors (Lipinski definition) is 11. The molecule has 188 valence electrons. The number of aromatic nitrogens is 3. The number of nitrogens with zero attached hydrogens (tertiary/aromatic N) is 5. The van der Waals surface area contributed by atoms with Crippen LogP contribution in [0.5, 0.6) is 11.5 Å². The number of rotatable bonds is 10. The van der Waals surface area contributed by atoms with Crippen LogP contribution in [-0.4, -0.2) is 72.3 Å². The molecule has 1 aromatic heterocycles. The Morgan fingerprint density at radius 3 is 2.67 bits per heavy atom. The summed E-state index contributed by atoms with van der Waals surface area (Å²) < 4.78 is 16.6. The molecule has 1 aliphatic rings. The molecule has 0 atom stereocenters. The van der Waals surface area contributed by atoms with Gasteiger partial charge >= 0.3 is 5.97 Å². The lowest BCUT2D eigenvalue weighted by Crippen LogP contribution is -2.37. The predicted molar refractivity (Wildman–Crippen MR) is 138 cm³/mol.